The van der Waals surface area contributed by atoms with E-state index in [4.69, 9.17) is 0 Å². The summed E-state index contributed by atoms with van der Waals surface area (Å²) >= 11 is 0. The Labute approximate surface area is 47.4 Å². The first kappa shape index (κ1) is 6.66. The summed E-state index contributed by atoms with van der Waals surface area (Å²) in [5, 5.41) is 4.64. The lowest BCUT2D eigenvalue weighted by atomic mass is 10.5. The number of hydrogen-bond donors (Lipinski definition) is 1. The van der Waals surface area contributed by atoms with Gasteiger partial charge in [0, 0.05) is 0 Å². The first-order valence-electron chi connectivity index (χ1n) is 2.39. The van der Waals surface area contributed by atoms with Crippen molar-refractivity contribution in [1.29, 1.82) is 0 Å². The van der Waals surface area contributed by atoms with Gasteiger partial charge in [0.05, 0.1) is 10.4 Å². The summed E-state index contributed by atoms with van der Waals surface area (Å²) in [7, 11) is 0.806. The van der Waals surface area contributed by atoms with E-state index in [9.17, 15) is 0 Å². The van der Waals surface area contributed by atoms with E-state index in [1.807, 2.05) is 0 Å². The number of hydrogen-bond acceptors (Lipinski definition) is 1. The summed E-state index contributed by atoms with van der Waals surface area (Å²) in [6.07, 6.45) is 9.50. The molecule has 0 amide bonds. The van der Waals surface area contributed by atoms with E-state index in [-0.39, 0.29) is 0 Å². The fourth-order valence-corrected chi connectivity index (χ4v) is 0.393. The highest BCUT2D eigenvalue weighted by Crippen LogP contribution is 1.93. The molecule has 0 atom stereocenters. The average Bonchev–Trinajstić information content (AvgIpc) is 2.23. The van der Waals surface area contributed by atoms with Crippen molar-refractivity contribution in [3.05, 3.63) is 24.3 Å². The minimum Gasteiger partial charge on any atom is -0.358 e. The number of rotatable bonds is 0. The normalized spacial score (nSPS) is 13.9. The molecule has 0 aromatic rings. The van der Waals surface area contributed by atoms with Gasteiger partial charge >= 0.3 is 0 Å². The van der Waals surface area contributed by atoms with Crippen molar-refractivity contribution in [2.45, 2.75) is 6.42 Å². The molecule has 0 unspecified atom stereocenters. The Hall–Kier alpha value is -0.343. The molecule has 0 aliphatic heterocycles. The molecule has 0 radical (unpaired) electrons. The summed E-state index contributed by atoms with van der Waals surface area (Å²) in [5.74, 6) is 0. The lowest BCUT2D eigenvalue weighted by Crippen LogP contribution is -1.75. The number of allylic oxidation sites excluding steroid dienone is 4. The highest BCUT2D eigenvalue weighted by molar-refractivity contribution is 6.02. The maximum absolute atomic E-state index is 4.64. The van der Waals surface area contributed by atoms with Crippen LogP contribution in [0.1, 0.15) is 6.42 Å². The maximum Gasteiger partial charge on any atom is 0.0716 e. The zero-order chi connectivity index (χ0) is 5.54. The van der Waals surface area contributed by atoms with Crippen LogP contribution in [-0.4, -0.2) is 10.4 Å². The minimum atomic E-state index is 0.806. The van der Waals surface area contributed by atoms with Crippen LogP contribution >= 0.6 is 0 Å². The fourth-order valence-electron chi connectivity index (χ4n) is 0.393. The molecule has 0 spiro atoms. The Morgan fingerprint density at radius 2 is 1.57 bits per heavy atom. The largest absolute Gasteiger partial charge is 0.358 e. The quantitative estimate of drug-likeness (QED) is 0.430. The second-order valence-corrected chi connectivity index (χ2v) is 1.09. The van der Waals surface area contributed by atoms with Crippen molar-refractivity contribution < 1.29 is 0 Å². The molecule has 0 heterocycles. The van der Waals surface area contributed by atoms with E-state index in [0.29, 0.717) is 0 Å². The van der Waals surface area contributed by atoms with Crippen LogP contribution < -0.4 is 5.40 Å². The second-order valence-electron chi connectivity index (χ2n) is 1.09. The lowest BCUT2D eigenvalue weighted by molar-refractivity contribution is 1.45. The Morgan fingerprint density at radius 3 is 1.71 bits per heavy atom. The smallest absolute Gasteiger partial charge is 0.0716 e. The van der Waals surface area contributed by atoms with E-state index in [2.05, 4.69) is 29.7 Å². The molecule has 1 rings (SSSR count). The molecule has 0 bridgehead atoms. The summed E-state index contributed by atoms with van der Waals surface area (Å²) in [6.45, 7) is 0. The molecular formula is C5H11NSi. The Morgan fingerprint density at radius 1 is 1.14 bits per heavy atom. The van der Waals surface area contributed by atoms with Gasteiger partial charge in [-0.2, -0.15) is 0 Å². The molecule has 0 aromatic carbocycles. The van der Waals surface area contributed by atoms with Crippen LogP contribution in [0.5, 0.6) is 0 Å². The van der Waals surface area contributed by atoms with Crippen LogP contribution in [0.4, 0.5) is 0 Å². The standard InChI is InChI=1S/C5H6.H5NSi/c1-2-4-5-3-1;1-2/h1-4H,5H2;1H2,2H3. The summed E-state index contributed by atoms with van der Waals surface area (Å²) in [6, 6.07) is 0. The molecule has 7 heavy (non-hydrogen) atoms. The minimum absolute atomic E-state index is 0.806. The van der Waals surface area contributed by atoms with Gasteiger partial charge in [-0.3, -0.25) is 0 Å². The van der Waals surface area contributed by atoms with E-state index in [0.717, 1.165) is 16.8 Å². The molecule has 40 valence electrons. The molecular weight excluding hydrogens is 102 g/mol. The van der Waals surface area contributed by atoms with Gasteiger partial charge in [0.1, 0.15) is 0 Å². The van der Waals surface area contributed by atoms with E-state index < -0.39 is 0 Å². The van der Waals surface area contributed by atoms with Gasteiger partial charge in [0.15, 0.2) is 0 Å². The Bertz CT molecular complexity index is 66.1. The van der Waals surface area contributed by atoms with Crippen molar-refractivity contribution in [1.82, 2.24) is 0 Å². The predicted octanol–water partition coefficient (Wildman–Crippen LogP) is -0.272. The Balaban J connectivity index is 0.000000162. The molecule has 2 N–H and O–H groups in total. The van der Waals surface area contributed by atoms with Gasteiger partial charge in [0.25, 0.3) is 0 Å². The third-order valence-corrected chi connectivity index (χ3v) is 0.655. The van der Waals surface area contributed by atoms with E-state index >= 15 is 0 Å². The van der Waals surface area contributed by atoms with E-state index in [1.54, 1.807) is 0 Å². The SMILES string of the molecule is C1=CCC=C1.N[SiH3]. The first-order chi connectivity index (χ1) is 3.50. The topological polar surface area (TPSA) is 26.0 Å². The first-order valence-corrected chi connectivity index (χ1v) is 3.55. The highest BCUT2D eigenvalue weighted by atomic mass is 28.2. The van der Waals surface area contributed by atoms with Crippen molar-refractivity contribution in [3.8, 4) is 0 Å². The van der Waals surface area contributed by atoms with Crippen LogP contribution in [0.25, 0.3) is 0 Å². The van der Waals surface area contributed by atoms with Crippen molar-refractivity contribution in [2.75, 3.05) is 0 Å². The van der Waals surface area contributed by atoms with Gasteiger partial charge in [0.2, 0.25) is 0 Å². The molecule has 2 heteroatoms. The van der Waals surface area contributed by atoms with Crippen LogP contribution in [-0.2, 0) is 0 Å². The second kappa shape index (κ2) is 5.66. The van der Waals surface area contributed by atoms with Gasteiger partial charge in [-0.05, 0) is 6.42 Å². The van der Waals surface area contributed by atoms with Gasteiger partial charge < -0.3 is 5.40 Å². The molecule has 0 saturated heterocycles. The molecule has 1 aliphatic rings. The lowest BCUT2D eigenvalue weighted by Gasteiger charge is -1.57. The van der Waals surface area contributed by atoms with Crippen molar-refractivity contribution in [2.24, 2.45) is 5.40 Å². The van der Waals surface area contributed by atoms with Crippen LogP contribution in [0.15, 0.2) is 24.3 Å². The molecule has 1 nitrogen and oxygen atoms in total. The number of nitrogens with two attached hydrogens (primary N) is 1. The zero-order valence-corrected chi connectivity index (χ0v) is 6.59. The van der Waals surface area contributed by atoms with Crippen LogP contribution in [0.3, 0.4) is 0 Å². The Kier molecular flexibility index (Phi) is 5.38. The zero-order valence-electron chi connectivity index (χ0n) is 4.59. The van der Waals surface area contributed by atoms with Gasteiger partial charge in [-0.1, -0.05) is 24.3 Å². The third kappa shape index (κ3) is 3.49. The van der Waals surface area contributed by atoms with Crippen molar-refractivity contribution in [3.63, 3.8) is 0 Å². The highest BCUT2D eigenvalue weighted by Gasteiger charge is 1.72. The van der Waals surface area contributed by atoms with Gasteiger partial charge in [-0.15, -0.1) is 0 Å². The fraction of sp³-hybridized carbons (Fsp3) is 0.200. The maximum atomic E-state index is 4.64. The van der Waals surface area contributed by atoms with Crippen LogP contribution in [0.2, 0.25) is 0 Å². The summed E-state index contributed by atoms with van der Waals surface area (Å²) in [4.78, 5) is 0. The molecule has 0 saturated carbocycles. The average molecular weight is 113 g/mol. The molecule has 0 aromatic heterocycles. The molecule has 1 aliphatic carbocycles. The monoisotopic (exact) mass is 113 g/mol. The van der Waals surface area contributed by atoms with Gasteiger partial charge in [-0.25, -0.2) is 0 Å². The predicted molar refractivity (Wildman–Crippen MR) is 37.0 cm³/mol. The van der Waals surface area contributed by atoms with Crippen LogP contribution in [0, 0.1) is 0 Å². The van der Waals surface area contributed by atoms with Crippen molar-refractivity contribution >= 4 is 10.4 Å². The summed E-state index contributed by atoms with van der Waals surface area (Å²) < 4.78 is 0. The third-order valence-electron chi connectivity index (χ3n) is 0.655. The molecule has 0 fully saturated rings. The summed E-state index contributed by atoms with van der Waals surface area (Å²) in [5.41, 5.74) is 0. The van der Waals surface area contributed by atoms with E-state index in [1.165, 1.54) is 0 Å².